The molecule has 0 atom stereocenters. The van der Waals surface area contributed by atoms with Crippen molar-refractivity contribution in [2.45, 2.75) is 33.2 Å². The third-order valence-electron chi connectivity index (χ3n) is 6.70. The van der Waals surface area contributed by atoms with Gasteiger partial charge in [-0.05, 0) is 61.4 Å². The molecule has 196 valence electrons. The molecular weight excluding hydrogens is 576 g/mol. The summed E-state index contributed by atoms with van der Waals surface area (Å²) in [6.07, 6.45) is 2.08. The summed E-state index contributed by atoms with van der Waals surface area (Å²) in [7, 11) is 0. The number of fused-ring (bicyclic) bond motifs is 2. The van der Waals surface area contributed by atoms with Crippen LogP contribution in [0.1, 0.15) is 36.5 Å². The van der Waals surface area contributed by atoms with Crippen LogP contribution in [0.25, 0.3) is 21.9 Å². The monoisotopic (exact) mass is 600 g/mol. The van der Waals surface area contributed by atoms with Crippen LogP contribution in [-0.2, 0) is 11.3 Å². The fourth-order valence-corrected chi connectivity index (χ4v) is 5.96. The van der Waals surface area contributed by atoms with Crippen molar-refractivity contribution in [2.24, 2.45) is 0 Å². The van der Waals surface area contributed by atoms with Crippen LogP contribution in [0.2, 0.25) is 0 Å². The average molecular weight is 602 g/mol. The van der Waals surface area contributed by atoms with Gasteiger partial charge < -0.3 is 9.64 Å². The molecule has 0 saturated heterocycles. The van der Waals surface area contributed by atoms with E-state index in [9.17, 15) is 9.59 Å². The lowest BCUT2D eigenvalue weighted by atomic mass is 10.1. The second kappa shape index (κ2) is 10.4. The smallest absolute Gasteiger partial charge is 0.291 e. The van der Waals surface area contributed by atoms with Gasteiger partial charge in [-0.2, -0.15) is 9.50 Å². The Hall–Kier alpha value is -3.82. The Morgan fingerprint density at radius 1 is 1.00 bits per heavy atom. The number of nitrogens with zero attached hydrogens (tertiary/aromatic N) is 4. The number of amides is 1. The number of unbranched alkanes of at least 4 members (excludes halogenated alkanes) is 1. The summed E-state index contributed by atoms with van der Waals surface area (Å²) >= 11 is 4.72. The normalized spacial score (nSPS) is 14.3. The maximum absolute atomic E-state index is 13.8. The van der Waals surface area contributed by atoms with Gasteiger partial charge in [0.1, 0.15) is 10.3 Å². The Kier molecular flexibility index (Phi) is 6.78. The maximum atomic E-state index is 13.8. The number of aromatic nitrogens is 3. The number of carbonyl (C=O) groups excluding carboxylic acids is 1. The van der Waals surface area contributed by atoms with Crippen LogP contribution in [0.5, 0.6) is 5.75 Å². The molecule has 0 saturated carbocycles. The summed E-state index contributed by atoms with van der Waals surface area (Å²) < 4.78 is 8.20. The number of carbonyl (C=O) groups is 1. The molecule has 7 nitrogen and oxygen atoms in total. The maximum Gasteiger partial charge on any atom is 0.291 e. The number of hydrogen-bond acceptors (Lipinski definition) is 6. The van der Waals surface area contributed by atoms with Crippen molar-refractivity contribution < 1.29 is 9.53 Å². The lowest BCUT2D eigenvalue weighted by Gasteiger charge is -2.17. The first kappa shape index (κ1) is 25.5. The number of halogens is 1. The molecule has 0 unspecified atom stereocenters. The topological polar surface area (TPSA) is 76.8 Å². The lowest BCUT2D eigenvalue weighted by molar-refractivity contribution is -0.113. The SMILES string of the molecule is CCCCOc1ccc(-c2nc3sc(=C4C(=O)N(Cc5ccc(C)cc5)c5ccc(Br)cc54)c(=O)n3n2)cc1. The molecule has 3 heterocycles. The molecular formula is C30H25BrN4O3S. The third kappa shape index (κ3) is 4.77. The van der Waals surface area contributed by atoms with E-state index in [0.717, 1.165) is 51.0 Å². The number of benzene rings is 3. The van der Waals surface area contributed by atoms with Gasteiger partial charge in [0.25, 0.3) is 11.5 Å². The van der Waals surface area contributed by atoms with Crippen molar-refractivity contribution in [3.63, 3.8) is 0 Å². The summed E-state index contributed by atoms with van der Waals surface area (Å²) in [5.74, 6) is 1.04. The van der Waals surface area contributed by atoms with Gasteiger partial charge >= 0.3 is 0 Å². The van der Waals surface area contributed by atoms with Gasteiger partial charge in [0.2, 0.25) is 4.96 Å². The Morgan fingerprint density at radius 3 is 2.49 bits per heavy atom. The van der Waals surface area contributed by atoms with Gasteiger partial charge in [-0.25, -0.2) is 0 Å². The van der Waals surface area contributed by atoms with E-state index in [1.807, 2.05) is 73.7 Å². The van der Waals surface area contributed by atoms with Crippen molar-refractivity contribution in [1.29, 1.82) is 0 Å². The minimum Gasteiger partial charge on any atom is -0.494 e. The minimum absolute atomic E-state index is 0.204. The Bertz CT molecular complexity index is 1810. The molecule has 0 fully saturated rings. The van der Waals surface area contributed by atoms with E-state index in [1.165, 1.54) is 15.9 Å². The molecule has 0 aliphatic carbocycles. The molecule has 0 bridgehead atoms. The fourth-order valence-electron chi connectivity index (χ4n) is 4.60. The molecule has 0 spiro atoms. The highest BCUT2D eigenvalue weighted by atomic mass is 79.9. The van der Waals surface area contributed by atoms with E-state index in [2.05, 4.69) is 32.9 Å². The fraction of sp³-hybridized carbons (Fsp3) is 0.200. The predicted molar refractivity (Wildman–Crippen MR) is 157 cm³/mol. The van der Waals surface area contributed by atoms with Gasteiger partial charge in [-0.3, -0.25) is 9.59 Å². The van der Waals surface area contributed by atoms with Crippen molar-refractivity contribution in [3.8, 4) is 17.1 Å². The number of aryl methyl sites for hydroxylation is 1. The second-order valence-corrected chi connectivity index (χ2v) is 11.4. The average Bonchev–Trinajstić information content (AvgIpc) is 3.56. The lowest BCUT2D eigenvalue weighted by Crippen LogP contribution is -2.32. The largest absolute Gasteiger partial charge is 0.494 e. The summed E-state index contributed by atoms with van der Waals surface area (Å²) in [6.45, 7) is 5.24. The zero-order valence-corrected chi connectivity index (χ0v) is 23.9. The molecule has 39 heavy (non-hydrogen) atoms. The zero-order chi connectivity index (χ0) is 27.1. The van der Waals surface area contributed by atoms with Gasteiger partial charge in [-0.1, -0.05) is 70.4 Å². The van der Waals surface area contributed by atoms with E-state index < -0.39 is 0 Å². The van der Waals surface area contributed by atoms with Crippen LogP contribution >= 0.6 is 27.3 Å². The highest BCUT2D eigenvalue weighted by molar-refractivity contribution is 9.10. The van der Waals surface area contributed by atoms with E-state index >= 15 is 0 Å². The second-order valence-electron chi connectivity index (χ2n) is 9.51. The molecule has 0 N–H and O–H groups in total. The van der Waals surface area contributed by atoms with Crippen molar-refractivity contribution in [2.75, 3.05) is 11.5 Å². The Balaban J connectivity index is 1.39. The first-order valence-corrected chi connectivity index (χ1v) is 14.4. The summed E-state index contributed by atoms with van der Waals surface area (Å²) in [4.78, 5) is 34.1. The molecule has 5 aromatic rings. The number of rotatable bonds is 7. The summed E-state index contributed by atoms with van der Waals surface area (Å²) in [5, 5.41) is 4.49. The molecule has 1 amide bonds. The number of ether oxygens (including phenoxy) is 1. The molecule has 3 aromatic carbocycles. The molecule has 1 aliphatic heterocycles. The van der Waals surface area contributed by atoms with Crippen molar-refractivity contribution in [3.05, 3.63) is 103 Å². The molecule has 6 rings (SSSR count). The van der Waals surface area contributed by atoms with Gasteiger partial charge in [0, 0.05) is 15.6 Å². The summed E-state index contributed by atoms with van der Waals surface area (Å²) in [6, 6.07) is 21.4. The first-order chi connectivity index (χ1) is 18.9. The standard InChI is InChI=1S/C30H25BrN4O3S/c1-3-4-15-38-22-12-9-20(10-13-22)27-32-30-35(33-27)29(37)26(39-30)25-23-16-21(31)11-14-24(23)34(28(25)36)17-19-7-5-18(2)6-8-19/h5-14,16H,3-4,15,17H2,1-2H3. The quantitative estimate of drug-likeness (QED) is 0.229. The van der Waals surface area contributed by atoms with Gasteiger partial charge in [-0.15, -0.1) is 5.10 Å². The molecule has 1 aliphatic rings. The Labute approximate surface area is 237 Å². The van der Waals surface area contributed by atoms with Crippen molar-refractivity contribution in [1.82, 2.24) is 14.6 Å². The van der Waals surface area contributed by atoms with Crippen LogP contribution in [0, 0.1) is 6.92 Å². The highest BCUT2D eigenvalue weighted by Gasteiger charge is 2.34. The molecule has 2 aromatic heterocycles. The van der Waals surface area contributed by atoms with Crippen molar-refractivity contribution >= 4 is 49.4 Å². The third-order valence-corrected chi connectivity index (χ3v) is 8.23. The summed E-state index contributed by atoms with van der Waals surface area (Å²) in [5.41, 5.74) is 4.50. The van der Waals surface area contributed by atoms with E-state index in [-0.39, 0.29) is 11.5 Å². The van der Waals surface area contributed by atoms with Crippen LogP contribution in [-0.4, -0.2) is 27.1 Å². The number of anilines is 1. The van der Waals surface area contributed by atoms with Crippen LogP contribution < -0.4 is 19.7 Å². The minimum atomic E-state index is -0.347. The first-order valence-electron chi connectivity index (χ1n) is 12.8. The highest BCUT2D eigenvalue weighted by Crippen LogP contribution is 2.38. The molecule has 0 radical (unpaired) electrons. The zero-order valence-electron chi connectivity index (χ0n) is 21.5. The van der Waals surface area contributed by atoms with Crippen LogP contribution in [0.4, 0.5) is 5.69 Å². The predicted octanol–water partition coefficient (Wildman–Crippen LogP) is 5.53. The van der Waals surface area contributed by atoms with Crippen LogP contribution in [0.15, 0.2) is 76.0 Å². The Morgan fingerprint density at radius 2 is 1.77 bits per heavy atom. The number of hydrogen-bond donors (Lipinski definition) is 0. The van der Waals surface area contributed by atoms with Gasteiger partial charge in [0.15, 0.2) is 5.82 Å². The van der Waals surface area contributed by atoms with E-state index in [1.54, 1.807) is 4.90 Å². The molecule has 9 heteroatoms. The van der Waals surface area contributed by atoms with Crippen LogP contribution in [0.3, 0.4) is 0 Å². The van der Waals surface area contributed by atoms with E-state index in [0.29, 0.717) is 34.0 Å². The number of thiazole rings is 1. The van der Waals surface area contributed by atoms with Gasteiger partial charge in [0.05, 0.1) is 24.4 Å². The van der Waals surface area contributed by atoms with E-state index in [4.69, 9.17) is 4.74 Å².